The molecular formula is C14H21F2NOS. The lowest BCUT2D eigenvalue weighted by molar-refractivity contribution is 0.203. The molecule has 0 saturated heterocycles. The molecule has 1 N–H and O–H groups in total. The lowest BCUT2D eigenvalue weighted by Crippen LogP contribution is -2.51. The van der Waals surface area contributed by atoms with Crippen LogP contribution >= 0.6 is 0 Å². The summed E-state index contributed by atoms with van der Waals surface area (Å²) < 4.78 is 42.3. The van der Waals surface area contributed by atoms with Crippen LogP contribution < -0.4 is 4.72 Å². The molecule has 1 rings (SSSR count). The van der Waals surface area contributed by atoms with Gasteiger partial charge in [-0.3, -0.25) is 0 Å². The monoisotopic (exact) mass is 289 g/mol. The molecule has 1 aromatic rings. The Bertz CT molecular complexity index is 471. The summed E-state index contributed by atoms with van der Waals surface area (Å²) in [5, 5.41) is 0. The van der Waals surface area contributed by atoms with Crippen molar-refractivity contribution in [1.29, 1.82) is 0 Å². The number of benzene rings is 1. The van der Waals surface area contributed by atoms with Gasteiger partial charge in [0.1, 0.15) is 12.0 Å². The Balaban J connectivity index is 3.20. The summed E-state index contributed by atoms with van der Waals surface area (Å²) in [6.07, 6.45) is -1.39. The lowest BCUT2D eigenvalue weighted by atomic mass is 9.89. The first-order valence-corrected chi connectivity index (χ1v) is 7.33. The third-order valence-corrected chi connectivity index (χ3v) is 4.81. The van der Waals surface area contributed by atoms with Crippen LogP contribution in [0.2, 0.25) is 0 Å². The van der Waals surface area contributed by atoms with E-state index in [1.807, 2.05) is 0 Å². The summed E-state index contributed by atoms with van der Waals surface area (Å²) in [5.41, 5.74) is -1.15. The molecule has 0 aliphatic rings. The zero-order chi connectivity index (χ0) is 14.8. The maximum Gasteiger partial charge on any atom is 0.128 e. The molecule has 19 heavy (non-hydrogen) atoms. The standard InChI is InChI=1S/C14H21F2NOS/c1-10(15)14(5,17-19(18)13(2,3)4)11-8-6-7-9-12(11)16/h6-10,17H,1-5H3. The van der Waals surface area contributed by atoms with E-state index in [-0.39, 0.29) is 5.56 Å². The second-order valence-corrected chi connectivity index (χ2v) is 7.75. The van der Waals surface area contributed by atoms with E-state index in [4.69, 9.17) is 0 Å². The molecule has 5 heteroatoms. The van der Waals surface area contributed by atoms with E-state index in [9.17, 15) is 13.0 Å². The fraction of sp³-hybridized carbons (Fsp3) is 0.571. The molecule has 0 aliphatic heterocycles. The molecule has 3 unspecified atom stereocenters. The van der Waals surface area contributed by atoms with Crippen LogP contribution in [-0.2, 0) is 16.5 Å². The van der Waals surface area contributed by atoms with Gasteiger partial charge in [0.15, 0.2) is 0 Å². The zero-order valence-electron chi connectivity index (χ0n) is 12.0. The third-order valence-electron chi connectivity index (χ3n) is 3.09. The molecule has 108 valence electrons. The van der Waals surface area contributed by atoms with E-state index in [0.717, 1.165) is 0 Å². The first-order valence-electron chi connectivity index (χ1n) is 6.18. The van der Waals surface area contributed by atoms with Crippen LogP contribution in [0, 0.1) is 5.82 Å². The van der Waals surface area contributed by atoms with Crippen molar-refractivity contribution in [2.24, 2.45) is 0 Å². The fourth-order valence-corrected chi connectivity index (χ4v) is 2.54. The minimum Gasteiger partial charge on any atom is -0.245 e. The molecule has 0 aromatic heterocycles. The Hall–Kier alpha value is -0.810. The minimum absolute atomic E-state index is 0.183. The molecule has 0 saturated carbocycles. The number of hydrogen-bond acceptors (Lipinski definition) is 1. The van der Waals surface area contributed by atoms with Crippen LogP contribution in [0.1, 0.15) is 40.2 Å². The fourth-order valence-electron chi connectivity index (χ4n) is 1.58. The molecule has 3 atom stereocenters. The van der Waals surface area contributed by atoms with Crippen LogP contribution in [0.25, 0.3) is 0 Å². The van der Waals surface area contributed by atoms with E-state index in [2.05, 4.69) is 4.72 Å². The van der Waals surface area contributed by atoms with E-state index in [1.165, 1.54) is 26.0 Å². The predicted molar refractivity (Wildman–Crippen MR) is 75.4 cm³/mol. The van der Waals surface area contributed by atoms with Gasteiger partial charge in [0.25, 0.3) is 0 Å². The van der Waals surface area contributed by atoms with Crippen LogP contribution in [0.15, 0.2) is 24.3 Å². The highest BCUT2D eigenvalue weighted by atomic mass is 32.2. The van der Waals surface area contributed by atoms with Crippen molar-refractivity contribution in [2.45, 2.75) is 51.1 Å². The Morgan fingerprint density at radius 2 is 1.74 bits per heavy atom. The van der Waals surface area contributed by atoms with Crippen molar-refractivity contribution < 1.29 is 13.0 Å². The normalized spacial score (nSPS) is 18.7. The summed E-state index contributed by atoms with van der Waals surface area (Å²) in [5.74, 6) is -0.507. The van der Waals surface area contributed by atoms with Crippen LogP contribution in [0.3, 0.4) is 0 Å². The topological polar surface area (TPSA) is 29.1 Å². The average molecular weight is 289 g/mol. The molecule has 0 amide bonds. The van der Waals surface area contributed by atoms with Gasteiger partial charge in [0, 0.05) is 5.56 Å². The Kier molecular flexibility index (Phi) is 4.85. The smallest absolute Gasteiger partial charge is 0.128 e. The summed E-state index contributed by atoms with van der Waals surface area (Å²) in [7, 11) is -1.49. The Labute approximate surface area is 116 Å². The van der Waals surface area contributed by atoms with Crippen molar-refractivity contribution in [1.82, 2.24) is 4.72 Å². The molecule has 0 bridgehead atoms. The molecule has 2 nitrogen and oxygen atoms in total. The highest BCUT2D eigenvalue weighted by molar-refractivity contribution is 7.84. The molecule has 1 aromatic carbocycles. The molecule has 0 spiro atoms. The SMILES string of the molecule is CC(F)C(C)(NS(=O)C(C)(C)C)c1ccccc1F. The number of halogens is 2. The van der Waals surface area contributed by atoms with Crippen molar-refractivity contribution in [2.75, 3.05) is 0 Å². The maximum absolute atomic E-state index is 14.0. The van der Waals surface area contributed by atoms with Gasteiger partial charge in [0.2, 0.25) is 0 Å². The van der Waals surface area contributed by atoms with Crippen molar-refractivity contribution >= 4 is 11.0 Å². The van der Waals surface area contributed by atoms with Gasteiger partial charge in [-0.2, -0.15) is 0 Å². The summed E-state index contributed by atoms with van der Waals surface area (Å²) in [4.78, 5) is 0. The van der Waals surface area contributed by atoms with Crippen LogP contribution in [0.4, 0.5) is 8.78 Å². The Morgan fingerprint density at radius 1 is 1.21 bits per heavy atom. The summed E-state index contributed by atoms with van der Waals surface area (Å²) in [6, 6.07) is 5.97. The van der Waals surface area contributed by atoms with Gasteiger partial charge in [-0.1, -0.05) is 18.2 Å². The first kappa shape index (κ1) is 16.2. The third kappa shape index (κ3) is 3.60. The number of nitrogens with one attached hydrogen (secondary N) is 1. The van der Waals surface area contributed by atoms with Crippen LogP contribution in [0.5, 0.6) is 0 Å². The zero-order valence-corrected chi connectivity index (χ0v) is 12.8. The lowest BCUT2D eigenvalue weighted by Gasteiger charge is -2.35. The minimum atomic E-state index is -1.49. The highest BCUT2D eigenvalue weighted by Crippen LogP contribution is 2.30. The summed E-state index contributed by atoms with van der Waals surface area (Å²) in [6.45, 7) is 8.20. The summed E-state index contributed by atoms with van der Waals surface area (Å²) >= 11 is 0. The number of alkyl halides is 1. The number of rotatable bonds is 4. The van der Waals surface area contributed by atoms with Gasteiger partial charge in [-0.15, -0.1) is 0 Å². The van der Waals surface area contributed by atoms with E-state index in [1.54, 1.807) is 32.9 Å². The molecule has 0 radical (unpaired) electrons. The van der Waals surface area contributed by atoms with E-state index in [0.29, 0.717) is 0 Å². The second kappa shape index (κ2) is 5.67. The molecule has 0 fully saturated rings. The first-order chi connectivity index (χ1) is 8.59. The highest BCUT2D eigenvalue weighted by Gasteiger charge is 2.39. The van der Waals surface area contributed by atoms with E-state index >= 15 is 0 Å². The van der Waals surface area contributed by atoms with Gasteiger partial charge < -0.3 is 0 Å². The van der Waals surface area contributed by atoms with Gasteiger partial charge in [0.05, 0.1) is 21.3 Å². The van der Waals surface area contributed by atoms with Gasteiger partial charge in [-0.05, 0) is 40.7 Å². The predicted octanol–water partition coefficient (Wildman–Crippen LogP) is 3.45. The van der Waals surface area contributed by atoms with Crippen molar-refractivity contribution in [3.63, 3.8) is 0 Å². The largest absolute Gasteiger partial charge is 0.245 e. The second-order valence-electron chi connectivity index (χ2n) is 5.78. The molecular weight excluding hydrogens is 268 g/mol. The average Bonchev–Trinajstić information content (AvgIpc) is 2.27. The Morgan fingerprint density at radius 3 is 2.16 bits per heavy atom. The maximum atomic E-state index is 14.0. The van der Waals surface area contributed by atoms with Crippen molar-refractivity contribution in [3.05, 3.63) is 35.6 Å². The quantitative estimate of drug-likeness (QED) is 0.903. The molecule has 0 heterocycles. The van der Waals surface area contributed by atoms with Gasteiger partial charge >= 0.3 is 0 Å². The van der Waals surface area contributed by atoms with Crippen LogP contribution in [-0.4, -0.2) is 15.1 Å². The number of hydrogen-bond donors (Lipinski definition) is 1. The molecule has 0 aliphatic carbocycles. The van der Waals surface area contributed by atoms with E-state index < -0.39 is 33.3 Å². The van der Waals surface area contributed by atoms with Gasteiger partial charge in [-0.25, -0.2) is 17.7 Å². The van der Waals surface area contributed by atoms with Crippen molar-refractivity contribution in [3.8, 4) is 0 Å².